The molecule has 0 aliphatic carbocycles. The summed E-state index contributed by atoms with van der Waals surface area (Å²) in [6.07, 6.45) is 1.45. The SMILES string of the molecule is O=C(Nc1ccccc1)Nc1ccc(C(=O)Nc2ccc(N3CCCC3=O)cc2)s1. The Morgan fingerprint density at radius 3 is 2.27 bits per heavy atom. The molecule has 1 aliphatic rings. The van der Waals surface area contributed by atoms with Crippen LogP contribution in [-0.4, -0.2) is 24.4 Å². The van der Waals surface area contributed by atoms with Gasteiger partial charge in [-0.1, -0.05) is 18.2 Å². The monoisotopic (exact) mass is 420 g/mol. The zero-order valence-corrected chi connectivity index (χ0v) is 16.9. The van der Waals surface area contributed by atoms with Gasteiger partial charge in [0.25, 0.3) is 5.91 Å². The Morgan fingerprint density at radius 2 is 1.57 bits per heavy atom. The summed E-state index contributed by atoms with van der Waals surface area (Å²) in [6.45, 7) is 0.730. The number of rotatable bonds is 5. The molecule has 0 spiro atoms. The number of benzene rings is 2. The number of hydrogen-bond acceptors (Lipinski definition) is 4. The van der Waals surface area contributed by atoms with Crippen molar-refractivity contribution in [3.8, 4) is 0 Å². The van der Waals surface area contributed by atoms with E-state index in [-0.39, 0.29) is 17.8 Å². The number of carbonyl (C=O) groups excluding carboxylic acids is 3. The van der Waals surface area contributed by atoms with Crippen molar-refractivity contribution >= 4 is 51.2 Å². The van der Waals surface area contributed by atoms with Gasteiger partial charge in [-0.25, -0.2) is 4.79 Å². The molecule has 4 rings (SSSR count). The van der Waals surface area contributed by atoms with Gasteiger partial charge in [0.2, 0.25) is 5.91 Å². The molecule has 1 aromatic heterocycles. The van der Waals surface area contributed by atoms with Crippen molar-refractivity contribution in [1.29, 1.82) is 0 Å². The normalized spacial score (nSPS) is 13.2. The first kappa shape index (κ1) is 19.7. The molecule has 2 heterocycles. The zero-order valence-electron chi connectivity index (χ0n) is 16.1. The fourth-order valence-electron chi connectivity index (χ4n) is 3.16. The molecule has 0 unspecified atom stereocenters. The van der Waals surface area contributed by atoms with E-state index < -0.39 is 0 Å². The maximum absolute atomic E-state index is 12.5. The first-order valence-corrected chi connectivity index (χ1v) is 10.3. The third-order valence-electron chi connectivity index (χ3n) is 4.61. The Labute approximate surface area is 177 Å². The Morgan fingerprint density at radius 1 is 0.833 bits per heavy atom. The average molecular weight is 420 g/mol. The number of hydrogen-bond donors (Lipinski definition) is 3. The number of nitrogens with one attached hydrogen (secondary N) is 3. The fourth-order valence-corrected chi connectivity index (χ4v) is 3.96. The number of anilines is 4. The summed E-state index contributed by atoms with van der Waals surface area (Å²) in [5.41, 5.74) is 2.16. The van der Waals surface area contributed by atoms with E-state index in [0.29, 0.717) is 27.7 Å². The molecule has 0 radical (unpaired) electrons. The van der Waals surface area contributed by atoms with Gasteiger partial charge in [-0.3, -0.25) is 14.9 Å². The molecular weight excluding hydrogens is 400 g/mol. The maximum atomic E-state index is 12.5. The fraction of sp³-hybridized carbons (Fsp3) is 0.136. The van der Waals surface area contributed by atoms with Crippen molar-refractivity contribution in [3.05, 3.63) is 71.6 Å². The Kier molecular flexibility index (Phi) is 5.76. The number of para-hydroxylation sites is 1. The largest absolute Gasteiger partial charge is 0.324 e. The Hall–Kier alpha value is -3.65. The summed E-state index contributed by atoms with van der Waals surface area (Å²) in [6, 6.07) is 19.3. The van der Waals surface area contributed by atoms with Gasteiger partial charge in [-0.2, -0.15) is 0 Å². The van der Waals surface area contributed by atoms with E-state index in [0.717, 1.165) is 18.7 Å². The van der Waals surface area contributed by atoms with E-state index in [2.05, 4.69) is 16.0 Å². The molecule has 0 atom stereocenters. The number of nitrogens with zero attached hydrogens (tertiary/aromatic N) is 1. The molecule has 0 saturated carbocycles. The minimum atomic E-state index is -0.373. The minimum Gasteiger partial charge on any atom is -0.321 e. The lowest BCUT2D eigenvalue weighted by Gasteiger charge is -2.16. The lowest BCUT2D eigenvalue weighted by atomic mass is 10.2. The molecule has 8 heteroatoms. The quantitative estimate of drug-likeness (QED) is 0.555. The van der Waals surface area contributed by atoms with Gasteiger partial charge in [0, 0.05) is 30.0 Å². The van der Waals surface area contributed by atoms with Crippen LogP contribution in [0.15, 0.2) is 66.7 Å². The summed E-state index contributed by atoms with van der Waals surface area (Å²) in [4.78, 5) is 38.6. The molecule has 4 amide bonds. The predicted molar refractivity (Wildman–Crippen MR) is 119 cm³/mol. The predicted octanol–water partition coefficient (Wildman–Crippen LogP) is 4.77. The van der Waals surface area contributed by atoms with Crippen LogP contribution in [0.2, 0.25) is 0 Å². The summed E-state index contributed by atoms with van der Waals surface area (Å²) in [5, 5.41) is 8.85. The highest BCUT2D eigenvalue weighted by Crippen LogP contribution is 2.25. The van der Waals surface area contributed by atoms with E-state index in [9.17, 15) is 14.4 Å². The second kappa shape index (κ2) is 8.79. The first-order chi connectivity index (χ1) is 14.6. The molecule has 1 aliphatic heterocycles. The highest BCUT2D eigenvalue weighted by molar-refractivity contribution is 7.18. The molecule has 0 bridgehead atoms. The molecule has 152 valence electrons. The zero-order chi connectivity index (χ0) is 20.9. The van der Waals surface area contributed by atoms with Crippen molar-refractivity contribution in [1.82, 2.24) is 0 Å². The number of amides is 4. The summed E-state index contributed by atoms with van der Waals surface area (Å²) in [5.74, 6) is -0.136. The van der Waals surface area contributed by atoms with Crippen molar-refractivity contribution in [2.75, 3.05) is 27.4 Å². The summed E-state index contributed by atoms with van der Waals surface area (Å²) < 4.78 is 0. The molecular formula is C22H20N4O3S. The van der Waals surface area contributed by atoms with Crippen LogP contribution >= 0.6 is 11.3 Å². The second-order valence-electron chi connectivity index (χ2n) is 6.76. The number of carbonyl (C=O) groups is 3. The third-order valence-corrected chi connectivity index (χ3v) is 5.61. The Bertz CT molecular complexity index is 1060. The van der Waals surface area contributed by atoms with Crippen LogP contribution in [-0.2, 0) is 4.79 Å². The lowest BCUT2D eigenvalue weighted by Crippen LogP contribution is -2.23. The van der Waals surface area contributed by atoms with Gasteiger partial charge in [0.05, 0.1) is 9.88 Å². The smallest absolute Gasteiger partial charge is 0.321 e. The topological polar surface area (TPSA) is 90.5 Å². The van der Waals surface area contributed by atoms with Crippen LogP contribution in [0.3, 0.4) is 0 Å². The lowest BCUT2D eigenvalue weighted by molar-refractivity contribution is -0.117. The molecule has 1 saturated heterocycles. The van der Waals surface area contributed by atoms with Crippen LogP contribution in [0.5, 0.6) is 0 Å². The van der Waals surface area contributed by atoms with Crippen molar-refractivity contribution in [3.63, 3.8) is 0 Å². The minimum absolute atomic E-state index is 0.127. The van der Waals surface area contributed by atoms with E-state index in [1.807, 2.05) is 30.3 Å². The van der Waals surface area contributed by atoms with Crippen LogP contribution in [0, 0.1) is 0 Å². The van der Waals surface area contributed by atoms with Crippen molar-refractivity contribution in [2.24, 2.45) is 0 Å². The van der Waals surface area contributed by atoms with Crippen LogP contribution in [0.25, 0.3) is 0 Å². The molecule has 3 N–H and O–H groups in total. The van der Waals surface area contributed by atoms with Crippen LogP contribution < -0.4 is 20.9 Å². The first-order valence-electron chi connectivity index (χ1n) is 9.53. The van der Waals surface area contributed by atoms with Crippen LogP contribution in [0.4, 0.5) is 26.9 Å². The highest BCUT2D eigenvalue weighted by Gasteiger charge is 2.21. The highest BCUT2D eigenvalue weighted by atomic mass is 32.1. The standard InChI is InChI=1S/C22H20N4O3S/c27-20-7-4-14-26(20)17-10-8-16(9-11-17)23-21(28)18-12-13-19(30-18)25-22(29)24-15-5-2-1-3-6-15/h1-3,5-6,8-13H,4,7,14H2,(H,23,28)(H2,24,25,29). The summed E-state index contributed by atoms with van der Waals surface area (Å²) in [7, 11) is 0. The molecule has 2 aromatic carbocycles. The van der Waals surface area contributed by atoms with E-state index in [1.54, 1.807) is 41.3 Å². The molecule has 3 aromatic rings. The van der Waals surface area contributed by atoms with Gasteiger partial charge < -0.3 is 15.5 Å². The van der Waals surface area contributed by atoms with Gasteiger partial charge in [0.1, 0.15) is 0 Å². The third kappa shape index (κ3) is 4.66. The molecule has 1 fully saturated rings. The van der Waals surface area contributed by atoms with Gasteiger partial charge in [-0.15, -0.1) is 11.3 Å². The van der Waals surface area contributed by atoms with Crippen molar-refractivity contribution < 1.29 is 14.4 Å². The van der Waals surface area contributed by atoms with Gasteiger partial charge in [0.15, 0.2) is 0 Å². The Balaban J connectivity index is 1.33. The molecule has 30 heavy (non-hydrogen) atoms. The van der Waals surface area contributed by atoms with E-state index >= 15 is 0 Å². The summed E-state index contributed by atoms with van der Waals surface area (Å²) >= 11 is 1.19. The van der Waals surface area contributed by atoms with E-state index in [1.165, 1.54) is 11.3 Å². The number of thiophene rings is 1. The van der Waals surface area contributed by atoms with Crippen molar-refractivity contribution in [2.45, 2.75) is 12.8 Å². The number of urea groups is 1. The second-order valence-corrected chi connectivity index (χ2v) is 7.84. The van der Waals surface area contributed by atoms with Crippen LogP contribution in [0.1, 0.15) is 22.5 Å². The van der Waals surface area contributed by atoms with Gasteiger partial charge >= 0.3 is 6.03 Å². The van der Waals surface area contributed by atoms with E-state index in [4.69, 9.17) is 0 Å². The maximum Gasteiger partial charge on any atom is 0.324 e. The van der Waals surface area contributed by atoms with Gasteiger partial charge in [-0.05, 0) is 55.0 Å². The average Bonchev–Trinajstić information content (AvgIpc) is 3.38. The molecule has 7 nitrogen and oxygen atoms in total.